The third-order valence-electron chi connectivity index (χ3n) is 5.65. The summed E-state index contributed by atoms with van der Waals surface area (Å²) in [6.07, 6.45) is 1.73. The molecule has 0 aromatic heterocycles. The summed E-state index contributed by atoms with van der Waals surface area (Å²) >= 11 is 0. The van der Waals surface area contributed by atoms with E-state index in [1.165, 1.54) is 0 Å². The topological polar surface area (TPSA) is 84.7 Å². The van der Waals surface area contributed by atoms with Gasteiger partial charge in [0.1, 0.15) is 5.75 Å². The lowest BCUT2D eigenvalue weighted by Crippen LogP contribution is -2.57. The number of likely N-dealkylation sites (tertiary alicyclic amines) is 1. The largest absolute Gasteiger partial charge is 0.493 e. The van der Waals surface area contributed by atoms with Crippen LogP contribution in [0.5, 0.6) is 5.75 Å². The highest BCUT2D eigenvalue weighted by Gasteiger charge is 2.33. The van der Waals surface area contributed by atoms with Gasteiger partial charge < -0.3 is 20.7 Å². The average molecular weight is 376 g/mol. The average Bonchev–Trinajstić information content (AvgIpc) is 2.68. The van der Waals surface area contributed by atoms with Crippen molar-refractivity contribution in [2.45, 2.75) is 45.6 Å². The van der Waals surface area contributed by atoms with Gasteiger partial charge in [0.15, 0.2) is 0 Å². The highest BCUT2D eigenvalue weighted by molar-refractivity contribution is 5.80. The van der Waals surface area contributed by atoms with Crippen LogP contribution in [0.25, 0.3) is 0 Å². The molecule has 2 amide bonds. The van der Waals surface area contributed by atoms with Gasteiger partial charge in [0.2, 0.25) is 11.8 Å². The summed E-state index contributed by atoms with van der Waals surface area (Å²) in [5.74, 6) is 1.11. The van der Waals surface area contributed by atoms with E-state index in [-0.39, 0.29) is 23.7 Å². The molecule has 0 spiro atoms. The Balaban J connectivity index is 1.74. The predicted octanol–water partition coefficient (Wildman–Crippen LogP) is 2.18. The maximum Gasteiger partial charge on any atom is 0.225 e. The third-order valence-corrected chi connectivity index (χ3v) is 5.65. The van der Waals surface area contributed by atoms with Crippen molar-refractivity contribution in [2.75, 3.05) is 26.2 Å². The van der Waals surface area contributed by atoms with Crippen LogP contribution < -0.4 is 15.8 Å². The van der Waals surface area contributed by atoms with Gasteiger partial charge >= 0.3 is 0 Å². The molecule has 1 aromatic rings. The van der Waals surface area contributed by atoms with Crippen molar-refractivity contribution in [1.82, 2.24) is 10.2 Å². The van der Waals surface area contributed by atoms with Gasteiger partial charge in [-0.05, 0) is 37.8 Å². The first-order valence-corrected chi connectivity index (χ1v) is 9.83. The molecular weight excluding hydrogens is 342 g/mol. The van der Waals surface area contributed by atoms with Gasteiger partial charge in [-0.25, -0.2) is 0 Å². The number of ether oxygens (including phenoxy) is 1. The van der Waals surface area contributed by atoms with Crippen molar-refractivity contribution in [3.05, 3.63) is 30.3 Å². The Morgan fingerprint density at radius 3 is 2.44 bits per heavy atom. The molecular formula is C21H33N3O3. The number of benzene rings is 1. The zero-order chi connectivity index (χ0) is 19.9. The molecule has 1 aromatic carbocycles. The summed E-state index contributed by atoms with van der Waals surface area (Å²) in [4.78, 5) is 26.8. The molecule has 2 rings (SSSR count). The zero-order valence-corrected chi connectivity index (χ0v) is 16.7. The predicted molar refractivity (Wildman–Crippen MR) is 106 cm³/mol. The van der Waals surface area contributed by atoms with Crippen molar-refractivity contribution in [3.8, 4) is 5.75 Å². The Bertz CT molecular complexity index is 612. The van der Waals surface area contributed by atoms with Crippen LogP contribution in [0.4, 0.5) is 0 Å². The van der Waals surface area contributed by atoms with Crippen LogP contribution >= 0.6 is 0 Å². The van der Waals surface area contributed by atoms with E-state index < -0.39 is 5.54 Å². The molecule has 6 heteroatoms. The number of hydrogen-bond donors (Lipinski definition) is 2. The maximum absolute atomic E-state index is 12.6. The molecule has 0 aliphatic carbocycles. The van der Waals surface area contributed by atoms with Crippen molar-refractivity contribution in [2.24, 2.45) is 17.6 Å². The van der Waals surface area contributed by atoms with E-state index in [2.05, 4.69) is 19.2 Å². The van der Waals surface area contributed by atoms with Crippen molar-refractivity contribution in [3.63, 3.8) is 0 Å². The lowest BCUT2D eigenvalue weighted by atomic mass is 9.86. The SMILES string of the molecule is CC(C)C(C)(CN)NC(=O)C1CCN(C(=O)CCOc2ccccc2)CC1. The monoisotopic (exact) mass is 375 g/mol. The van der Waals surface area contributed by atoms with Gasteiger partial charge in [-0.1, -0.05) is 32.0 Å². The Kier molecular flexibility index (Phi) is 7.66. The first kappa shape index (κ1) is 21.2. The number of nitrogens with zero attached hydrogens (tertiary/aromatic N) is 1. The summed E-state index contributed by atoms with van der Waals surface area (Å²) in [7, 11) is 0. The van der Waals surface area contributed by atoms with Crippen LogP contribution in [0.3, 0.4) is 0 Å². The molecule has 0 saturated carbocycles. The fraction of sp³-hybridized carbons (Fsp3) is 0.619. The second-order valence-electron chi connectivity index (χ2n) is 7.83. The molecule has 1 fully saturated rings. The first-order chi connectivity index (χ1) is 12.9. The van der Waals surface area contributed by atoms with E-state index in [0.29, 0.717) is 45.5 Å². The molecule has 1 aliphatic rings. The molecule has 1 atom stereocenters. The number of piperidine rings is 1. The summed E-state index contributed by atoms with van der Waals surface area (Å²) in [6.45, 7) is 8.12. The number of rotatable bonds is 8. The summed E-state index contributed by atoms with van der Waals surface area (Å²) in [5, 5.41) is 3.12. The molecule has 0 bridgehead atoms. The van der Waals surface area contributed by atoms with Crippen LogP contribution in [0, 0.1) is 11.8 Å². The minimum absolute atomic E-state index is 0.0520. The Morgan fingerprint density at radius 1 is 1.26 bits per heavy atom. The number of hydrogen-bond acceptors (Lipinski definition) is 4. The second-order valence-corrected chi connectivity index (χ2v) is 7.83. The van der Waals surface area contributed by atoms with E-state index in [1.807, 2.05) is 42.2 Å². The van der Waals surface area contributed by atoms with Gasteiger partial charge in [0, 0.05) is 25.6 Å². The number of nitrogens with one attached hydrogen (secondary N) is 1. The Hall–Kier alpha value is -2.08. The number of amides is 2. The molecule has 1 unspecified atom stereocenters. The number of nitrogens with two attached hydrogens (primary N) is 1. The second kappa shape index (κ2) is 9.74. The molecule has 27 heavy (non-hydrogen) atoms. The summed E-state index contributed by atoms with van der Waals surface area (Å²) < 4.78 is 5.59. The molecule has 1 saturated heterocycles. The van der Waals surface area contributed by atoms with Gasteiger partial charge in [-0.3, -0.25) is 9.59 Å². The van der Waals surface area contributed by atoms with Gasteiger partial charge in [0.05, 0.1) is 18.6 Å². The van der Waals surface area contributed by atoms with Gasteiger partial charge in [-0.2, -0.15) is 0 Å². The smallest absolute Gasteiger partial charge is 0.225 e. The fourth-order valence-electron chi connectivity index (χ4n) is 3.14. The van der Waals surface area contributed by atoms with E-state index in [0.717, 1.165) is 5.75 Å². The van der Waals surface area contributed by atoms with Crippen LogP contribution in [-0.2, 0) is 9.59 Å². The van der Waals surface area contributed by atoms with E-state index in [1.54, 1.807) is 0 Å². The lowest BCUT2D eigenvalue weighted by Gasteiger charge is -2.37. The number of para-hydroxylation sites is 1. The van der Waals surface area contributed by atoms with Crippen LogP contribution in [0.2, 0.25) is 0 Å². The van der Waals surface area contributed by atoms with Crippen molar-refractivity contribution >= 4 is 11.8 Å². The molecule has 3 N–H and O–H groups in total. The Labute approximate surface area is 162 Å². The van der Waals surface area contributed by atoms with Gasteiger partial charge in [-0.15, -0.1) is 0 Å². The normalized spacial score (nSPS) is 17.4. The summed E-state index contributed by atoms with van der Waals surface area (Å²) in [6, 6.07) is 9.49. The summed E-state index contributed by atoms with van der Waals surface area (Å²) in [5.41, 5.74) is 5.47. The van der Waals surface area contributed by atoms with Crippen LogP contribution in [-0.4, -0.2) is 48.5 Å². The van der Waals surface area contributed by atoms with E-state index in [4.69, 9.17) is 10.5 Å². The molecule has 150 valence electrons. The van der Waals surface area contributed by atoms with Crippen LogP contribution in [0.1, 0.15) is 40.0 Å². The van der Waals surface area contributed by atoms with Crippen molar-refractivity contribution < 1.29 is 14.3 Å². The molecule has 6 nitrogen and oxygen atoms in total. The number of carbonyl (C=O) groups excluding carboxylic acids is 2. The van der Waals surface area contributed by atoms with Gasteiger partial charge in [0.25, 0.3) is 0 Å². The van der Waals surface area contributed by atoms with Crippen molar-refractivity contribution in [1.29, 1.82) is 0 Å². The third kappa shape index (κ3) is 5.96. The van der Waals surface area contributed by atoms with Crippen LogP contribution in [0.15, 0.2) is 30.3 Å². The van der Waals surface area contributed by atoms with E-state index >= 15 is 0 Å². The standard InChI is InChI=1S/C21H33N3O3/c1-16(2)21(3,15-22)23-20(26)17-9-12-24(13-10-17)19(25)11-14-27-18-7-5-4-6-8-18/h4-8,16-17H,9-15,22H2,1-3H3,(H,23,26). The maximum atomic E-state index is 12.6. The minimum Gasteiger partial charge on any atom is -0.493 e. The number of carbonyl (C=O) groups is 2. The molecule has 1 heterocycles. The first-order valence-electron chi connectivity index (χ1n) is 9.83. The Morgan fingerprint density at radius 2 is 1.89 bits per heavy atom. The highest BCUT2D eigenvalue weighted by atomic mass is 16.5. The fourth-order valence-corrected chi connectivity index (χ4v) is 3.14. The molecule has 1 aliphatic heterocycles. The minimum atomic E-state index is -0.390. The zero-order valence-electron chi connectivity index (χ0n) is 16.7. The molecule has 0 radical (unpaired) electrons. The lowest BCUT2D eigenvalue weighted by molar-refractivity contribution is -0.136. The quantitative estimate of drug-likeness (QED) is 0.729. The van der Waals surface area contributed by atoms with E-state index in [9.17, 15) is 9.59 Å². The highest BCUT2D eigenvalue weighted by Crippen LogP contribution is 2.21.